The molecule has 0 heterocycles. The standard InChI is InChI=1S/C15H21NO4/c1-4-9-20-15(18)12-5-7-13(8-6-12)16-10-11(2)14(17)19-3/h5-8,11,16H,4,9-10H2,1-3H3. The van der Waals surface area contributed by atoms with Crippen LogP contribution in [0.15, 0.2) is 24.3 Å². The van der Waals surface area contributed by atoms with Gasteiger partial charge in [0.15, 0.2) is 0 Å². The zero-order valence-electron chi connectivity index (χ0n) is 12.1. The number of esters is 2. The highest BCUT2D eigenvalue weighted by molar-refractivity contribution is 5.89. The molecule has 20 heavy (non-hydrogen) atoms. The van der Waals surface area contributed by atoms with Crippen LogP contribution in [-0.2, 0) is 14.3 Å². The first-order valence-electron chi connectivity index (χ1n) is 6.67. The Morgan fingerprint density at radius 1 is 1.25 bits per heavy atom. The Labute approximate surface area is 119 Å². The van der Waals surface area contributed by atoms with Crippen molar-refractivity contribution in [3.05, 3.63) is 29.8 Å². The number of carbonyl (C=O) groups excluding carboxylic acids is 2. The highest BCUT2D eigenvalue weighted by atomic mass is 16.5. The molecule has 0 spiro atoms. The molecule has 0 aliphatic carbocycles. The maximum absolute atomic E-state index is 11.6. The Morgan fingerprint density at radius 3 is 2.45 bits per heavy atom. The quantitative estimate of drug-likeness (QED) is 0.777. The van der Waals surface area contributed by atoms with Gasteiger partial charge in [0.1, 0.15) is 0 Å². The van der Waals surface area contributed by atoms with Crippen LogP contribution in [0.1, 0.15) is 30.6 Å². The van der Waals surface area contributed by atoms with E-state index in [1.54, 1.807) is 31.2 Å². The van der Waals surface area contributed by atoms with Crippen molar-refractivity contribution in [1.82, 2.24) is 0 Å². The monoisotopic (exact) mass is 279 g/mol. The Bertz CT molecular complexity index is 442. The largest absolute Gasteiger partial charge is 0.469 e. The van der Waals surface area contributed by atoms with E-state index < -0.39 is 0 Å². The van der Waals surface area contributed by atoms with Crippen LogP contribution in [0.2, 0.25) is 0 Å². The van der Waals surface area contributed by atoms with Gasteiger partial charge in [0.25, 0.3) is 0 Å². The molecule has 1 rings (SSSR count). The molecule has 1 unspecified atom stereocenters. The van der Waals surface area contributed by atoms with Crippen LogP contribution in [0.5, 0.6) is 0 Å². The molecule has 0 aliphatic rings. The number of benzene rings is 1. The van der Waals surface area contributed by atoms with Crippen molar-refractivity contribution < 1.29 is 19.1 Å². The van der Waals surface area contributed by atoms with Gasteiger partial charge in [-0.2, -0.15) is 0 Å². The second-order valence-corrected chi connectivity index (χ2v) is 4.52. The van der Waals surface area contributed by atoms with Crippen molar-refractivity contribution in [3.63, 3.8) is 0 Å². The summed E-state index contributed by atoms with van der Waals surface area (Å²) in [5, 5.41) is 3.12. The SMILES string of the molecule is CCCOC(=O)c1ccc(NCC(C)C(=O)OC)cc1. The minimum absolute atomic E-state index is 0.228. The summed E-state index contributed by atoms with van der Waals surface area (Å²) in [6, 6.07) is 6.96. The van der Waals surface area contributed by atoms with Gasteiger partial charge in [0, 0.05) is 12.2 Å². The number of hydrogen-bond donors (Lipinski definition) is 1. The summed E-state index contributed by atoms with van der Waals surface area (Å²) in [6.45, 7) is 4.64. The molecule has 1 atom stereocenters. The fraction of sp³-hybridized carbons (Fsp3) is 0.467. The lowest BCUT2D eigenvalue weighted by Crippen LogP contribution is -2.21. The molecule has 0 saturated carbocycles. The maximum Gasteiger partial charge on any atom is 0.338 e. The molecule has 1 aromatic carbocycles. The molecule has 0 saturated heterocycles. The van der Waals surface area contributed by atoms with Crippen LogP contribution in [0.3, 0.4) is 0 Å². The summed E-state index contributed by atoms with van der Waals surface area (Å²) in [5.74, 6) is -0.798. The van der Waals surface area contributed by atoms with Gasteiger partial charge in [0.2, 0.25) is 0 Å². The summed E-state index contributed by atoms with van der Waals surface area (Å²) in [7, 11) is 1.37. The van der Waals surface area contributed by atoms with Gasteiger partial charge in [-0.15, -0.1) is 0 Å². The Hall–Kier alpha value is -2.04. The maximum atomic E-state index is 11.6. The van der Waals surface area contributed by atoms with E-state index in [-0.39, 0.29) is 17.9 Å². The summed E-state index contributed by atoms with van der Waals surface area (Å²) >= 11 is 0. The molecule has 0 bridgehead atoms. The Kier molecular flexibility index (Phi) is 6.56. The number of nitrogens with one attached hydrogen (secondary N) is 1. The lowest BCUT2D eigenvalue weighted by molar-refractivity contribution is -0.144. The molecular formula is C15H21NO4. The summed E-state index contributed by atoms with van der Waals surface area (Å²) in [4.78, 5) is 22.9. The van der Waals surface area contributed by atoms with E-state index in [0.29, 0.717) is 18.7 Å². The van der Waals surface area contributed by atoms with E-state index in [9.17, 15) is 9.59 Å². The zero-order valence-corrected chi connectivity index (χ0v) is 12.1. The Morgan fingerprint density at radius 2 is 1.90 bits per heavy atom. The molecule has 0 aromatic heterocycles. The third-order valence-electron chi connectivity index (χ3n) is 2.77. The average molecular weight is 279 g/mol. The minimum atomic E-state index is -0.318. The van der Waals surface area contributed by atoms with Crippen molar-refractivity contribution in [2.75, 3.05) is 25.6 Å². The molecule has 0 amide bonds. The molecule has 0 radical (unpaired) electrons. The fourth-order valence-electron chi connectivity index (χ4n) is 1.56. The molecule has 0 fully saturated rings. The van der Waals surface area contributed by atoms with Crippen LogP contribution in [-0.4, -0.2) is 32.2 Å². The van der Waals surface area contributed by atoms with E-state index in [2.05, 4.69) is 10.1 Å². The van der Waals surface area contributed by atoms with Crippen molar-refractivity contribution in [1.29, 1.82) is 0 Å². The highest BCUT2D eigenvalue weighted by Crippen LogP contribution is 2.11. The number of carbonyl (C=O) groups is 2. The molecule has 1 aromatic rings. The normalized spacial score (nSPS) is 11.6. The van der Waals surface area contributed by atoms with Crippen LogP contribution < -0.4 is 5.32 Å². The number of hydrogen-bond acceptors (Lipinski definition) is 5. The van der Waals surface area contributed by atoms with Crippen LogP contribution >= 0.6 is 0 Å². The van der Waals surface area contributed by atoms with Gasteiger partial charge in [-0.05, 0) is 30.7 Å². The smallest absolute Gasteiger partial charge is 0.338 e. The van der Waals surface area contributed by atoms with E-state index in [1.165, 1.54) is 7.11 Å². The summed E-state index contributed by atoms with van der Waals surface area (Å²) in [6.07, 6.45) is 0.802. The first kappa shape index (κ1) is 16.0. The lowest BCUT2D eigenvalue weighted by Gasteiger charge is -2.11. The van der Waals surface area contributed by atoms with E-state index >= 15 is 0 Å². The lowest BCUT2D eigenvalue weighted by atomic mass is 10.1. The number of anilines is 1. The third-order valence-corrected chi connectivity index (χ3v) is 2.77. The number of ether oxygens (including phenoxy) is 2. The van der Waals surface area contributed by atoms with Gasteiger partial charge in [-0.3, -0.25) is 4.79 Å². The number of methoxy groups -OCH3 is 1. The predicted octanol–water partition coefficient (Wildman–Crippen LogP) is 2.47. The van der Waals surface area contributed by atoms with Crippen LogP contribution in [0, 0.1) is 5.92 Å². The molecule has 110 valence electrons. The molecule has 0 aliphatic heterocycles. The minimum Gasteiger partial charge on any atom is -0.469 e. The first-order chi connectivity index (χ1) is 9.58. The van der Waals surface area contributed by atoms with Gasteiger partial charge >= 0.3 is 11.9 Å². The van der Waals surface area contributed by atoms with Crippen molar-refractivity contribution >= 4 is 17.6 Å². The van der Waals surface area contributed by atoms with E-state index in [0.717, 1.165) is 12.1 Å². The van der Waals surface area contributed by atoms with E-state index in [4.69, 9.17) is 4.74 Å². The van der Waals surface area contributed by atoms with Gasteiger partial charge in [-0.25, -0.2) is 4.79 Å². The average Bonchev–Trinajstić information content (AvgIpc) is 2.49. The molecule has 1 N–H and O–H groups in total. The zero-order chi connectivity index (χ0) is 15.0. The first-order valence-corrected chi connectivity index (χ1v) is 6.67. The van der Waals surface area contributed by atoms with Crippen LogP contribution in [0.25, 0.3) is 0 Å². The van der Waals surface area contributed by atoms with Gasteiger partial charge < -0.3 is 14.8 Å². The third kappa shape index (κ3) is 4.91. The highest BCUT2D eigenvalue weighted by Gasteiger charge is 2.12. The van der Waals surface area contributed by atoms with Crippen molar-refractivity contribution in [2.24, 2.45) is 5.92 Å². The summed E-state index contributed by atoms with van der Waals surface area (Å²) in [5.41, 5.74) is 1.36. The molecular weight excluding hydrogens is 258 g/mol. The summed E-state index contributed by atoms with van der Waals surface area (Å²) < 4.78 is 9.69. The topological polar surface area (TPSA) is 64.6 Å². The van der Waals surface area contributed by atoms with Gasteiger partial charge in [0.05, 0.1) is 25.2 Å². The Balaban J connectivity index is 2.50. The second-order valence-electron chi connectivity index (χ2n) is 4.52. The molecule has 5 nitrogen and oxygen atoms in total. The predicted molar refractivity (Wildman–Crippen MR) is 76.7 cm³/mol. The van der Waals surface area contributed by atoms with Gasteiger partial charge in [-0.1, -0.05) is 13.8 Å². The fourth-order valence-corrected chi connectivity index (χ4v) is 1.56. The number of rotatable bonds is 7. The molecule has 5 heteroatoms. The second kappa shape index (κ2) is 8.19. The van der Waals surface area contributed by atoms with Crippen molar-refractivity contribution in [3.8, 4) is 0 Å². The van der Waals surface area contributed by atoms with Crippen LogP contribution in [0.4, 0.5) is 5.69 Å². The van der Waals surface area contributed by atoms with Crippen molar-refractivity contribution in [2.45, 2.75) is 20.3 Å². The van der Waals surface area contributed by atoms with E-state index in [1.807, 2.05) is 6.92 Å².